The molecule has 0 aliphatic heterocycles. The Bertz CT molecular complexity index is 1040. The number of benzene rings is 1. The number of aryl methyl sites for hydroxylation is 2. The van der Waals surface area contributed by atoms with E-state index >= 15 is 0 Å². The van der Waals surface area contributed by atoms with Gasteiger partial charge in [-0.05, 0) is 82.5 Å². The molecule has 0 aliphatic carbocycles. The van der Waals surface area contributed by atoms with Gasteiger partial charge in [-0.2, -0.15) is 0 Å². The number of ether oxygens (including phenoxy) is 3. The van der Waals surface area contributed by atoms with Gasteiger partial charge in [0.15, 0.2) is 11.4 Å². The van der Waals surface area contributed by atoms with Gasteiger partial charge in [0.1, 0.15) is 17.6 Å². The zero-order valence-corrected chi connectivity index (χ0v) is 20.3. The van der Waals surface area contributed by atoms with Crippen molar-refractivity contribution in [2.24, 2.45) is 0 Å². The summed E-state index contributed by atoms with van der Waals surface area (Å²) in [5.41, 5.74) is 1.21. The summed E-state index contributed by atoms with van der Waals surface area (Å²) < 4.78 is 17.0. The Kier molecular flexibility index (Phi) is 7.51. The molecule has 3 aromatic rings. The van der Waals surface area contributed by atoms with Gasteiger partial charge in [0.2, 0.25) is 0 Å². The molecule has 2 aromatic heterocycles. The highest BCUT2D eigenvalue weighted by Crippen LogP contribution is 2.35. The largest absolute Gasteiger partial charge is 0.485 e. The van der Waals surface area contributed by atoms with E-state index in [1.54, 1.807) is 44.2 Å². The van der Waals surface area contributed by atoms with Gasteiger partial charge in [-0.3, -0.25) is 0 Å². The zero-order chi connectivity index (χ0) is 23.3. The number of aromatic nitrogens is 2. The number of esters is 1. The Balaban J connectivity index is 1.67. The molecule has 0 spiro atoms. The highest BCUT2D eigenvalue weighted by atomic mass is 32.1. The molecule has 0 fully saturated rings. The normalized spacial score (nSPS) is 12.3. The third-order valence-corrected chi connectivity index (χ3v) is 6.33. The summed E-state index contributed by atoms with van der Waals surface area (Å²) in [7, 11) is 0. The van der Waals surface area contributed by atoms with Crippen molar-refractivity contribution in [2.75, 3.05) is 6.61 Å². The predicted octanol–water partition coefficient (Wildman–Crippen LogP) is 5.94. The number of rotatable bonds is 9. The van der Waals surface area contributed by atoms with Crippen molar-refractivity contribution in [1.29, 1.82) is 0 Å². The maximum Gasteiger partial charge on any atom is 0.349 e. The molecule has 6 nitrogen and oxygen atoms in total. The summed E-state index contributed by atoms with van der Waals surface area (Å²) in [5.74, 6) is 1.63. The van der Waals surface area contributed by atoms with Gasteiger partial charge in [0.25, 0.3) is 0 Å². The van der Waals surface area contributed by atoms with E-state index in [2.05, 4.69) is 29.9 Å². The first-order chi connectivity index (χ1) is 15.2. The Morgan fingerprint density at radius 1 is 1.09 bits per heavy atom. The molecule has 1 aromatic carbocycles. The molecule has 0 radical (unpaired) electrons. The molecule has 0 aliphatic rings. The van der Waals surface area contributed by atoms with Gasteiger partial charge >= 0.3 is 5.97 Å². The van der Waals surface area contributed by atoms with Crippen molar-refractivity contribution in [3.05, 3.63) is 58.7 Å². The first-order valence-corrected chi connectivity index (χ1v) is 11.6. The topological polar surface area (TPSA) is 70.5 Å². The Hall–Kier alpha value is -2.93. The average Bonchev–Trinajstić information content (AvgIpc) is 3.17. The van der Waals surface area contributed by atoms with Crippen molar-refractivity contribution in [3.8, 4) is 22.2 Å². The average molecular weight is 455 g/mol. The Morgan fingerprint density at radius 2 is 1.72 bits per heavy atom. The molecule has 1 atom stereocenters. The van der Waals surface area contributed by atoms with E-state index in [9.17, 15) is 4.79 Å². The third-order valence-electron chi connectivity index (χ3n) is 4.94. The Morgan fingerprint density at radius 3 is 2.31 bits per heavy atom. The van der Waals surface area contributed by atoms with Crippen LogP contribution < -0.4 is 9.47 Å². The second kappa shape index (κ2) is 10.1. The van der Waals surface area contributed by atoms with E-state index in [0.717, 1.165) is 38.9 Å². The number of hydrogen-bond donors (Lipinski definition) is 0. The molecule has 0 N–H and O–H groups in total. The summed E-state index contributed by atoms with van der Waals surface area (Å²) in [4.78, 5) is 23.2. The molecule has 1 unspecified atom stereocenters. The maximum absolute atomic E-state index is 12.0. The second-order valence-corrected chi connectivity index (χ2v) is 9.07. The minimum atomic E-state index is -1.06. The van der Waals surface area contributed by atoms with Crippen LogP contribution in [0.4, 0.5) is 0 Å². The smallest absolute Gasteiger partial charge is 0.349 e. The monoisotopic (exact) mass is 454 g/mol. The standard InChI is InChI=1S/C25H30N2O4S/c1-7-18-14-26-23(27-15-18)21-13-16(3)22(32-21)17(4)30-19-9-11-20(12-10-19)31-25(5,6)24(28)29-8-2/h9-15,17H,7-8H2,1-6H3. The predicted molar refractivity (Wildman–Crippen MR) is 126 cm³/mol. The van der Waals surface area contributed by atoms with Gasteiger partial charge in [-0.25, -0.2) is 14.8 Å². The second-order valence-electron chi connectivity index (χ2n) is 7.99. The molecule has 0 saturated carbocycles. The fraction of sp³-hybridized carbons (Fsp3) is 0.400. The molecule has 0 bridgehead atoms. The van der Waals surface area contributed by atoms with Crippen LogP contribution >= 0.6 is 11.3 Å². The van der Waals surface area contributed by atoms with Gasteiger partial charge < -0.3 is 14.2 Å². The quantitative estimate of drug-likeness (QED) is 0.373. The van der Waals surface area contributed by atoms with Crippen LogP contribution in [0.25, 0.3) is 10.7 Å². The highest BCUT2D eigenvalue weighted by Gasteiger charge is 2.31. The number of thiophene rings is 1. The molecule has 0 saturated heterocycles. The van der Waals surface area contributed by atoms with Crippen LogP contribution in [0.5, 0.6) is 11.5 Å². The molecule has 2 heterocycles. The van der Waals surface area contributed by atoms with E-state index in [-0.39, 0.29) is 6.10 Å². The van der Waals surface area contributed by atoms with Crippen LogP contribution in [0.1, 0.15) is 56.7 Å². The zero-order valence-electron chi connectivity index (χ0n) is 19.5. The fourth-order valence-electron chi connectivity index (χ4n) is 3.16. The van der Waals surface area contributed by atoms with Crippen LogP contribution in [0.3, 0.4) is 0 Å². The lowest BCUT2D eigenvalue weighted by Crippen LogP contribution is -2.39. The molecule has 32 heavy (non-hydrogen) atoms. The van der Waals surface area contributed by atoms with Gasteiger partial charge in [-0.15, -0.1) is 11.3 Å². The molecule has 170 valence electrons. The molecule has 7 heteroatoms. The lowest BCUT2D eigenvalue weighted by atomic mass is 10.1. The van der Waals surface area contributed by atoms with Gasteiger partial charge in [0, 0.05) is 17.3 Å². The van der Waals surface area contributed by atoms with E-state index in [1.165, 1.54) is 0 Å². The molecular formula is C25H30N2O4S. The summed E-state index contributed by atoms with van der Waals surface area (Å²) >= 11 is 1.65. The molecule has 3 rings (SSSR count). The highest BCUT2D eigenvalue weighted by molar-refractivity contribution is 7.15. The van der Waals surface area contributed by atoms with Crippen molar-refractivity contribution in [2.45, 2.75) is 59.7 Å². The van der Waals surface area contributed by atoms with Crippen LogP contribution in [0.15, 0.2) is 42.7 Å². The van der Waals surface area contributed by atoms with Crippen molar-refractivity contribution >= 4 is 17.3 Å². The number of carbonyl (C=O) groups is 1. The number of carbonyl (C=O) groups excluding carboxylic acids is 1. The molecule has 0 amide bonds. The van der Waals surface area contributed by atoms with Crippen molar-refractivity contribution in [3.63, 3.8) is 0 Å². The lowest BCUT2D eigenvalue weighted by Gasteiger charge is -2.24. The number of hydrogen-bond acceptors (Lipinski definition) is 7. The first-order valence-electron chi connectivity index (χ1n) is 10.8. The maximum atomic E-state index is 12.0. The van der Waals surface area contributed by atoms with Crippen LogP contribution in [-0.4, -0.2) is 28.1 Å². The summed E-state index contributed by atoms with van der Waals surface area (Å²) in [6, 6.07) is 9.36. The molecular weight excluding hydrogens is 424 g/mol. The lowest BCUT2D eigenvalue weighted by molar-refractivity contribution is -0.158. The third kappa shape index (κ3) is 5.65. The van der Waals surface area contributed by atoms with Gasteiger partial charge in [-0.1, -0.05) is 6.92 Å². The van der Waals surface area contributed by atoms with Crippen LogP contribution in [-0.2, 0) is 16.0 Å². The number of nitrogens with zero attached hydrogens (tertiary/aromatic N) is 2. The van der Waals surface area contributed by atoms with Gasteiger partial charge in [0.05, 0.1) is 11.5 Å². The fourth-order valence-corrected chi connectivity index (χ4v) is 4.26. The first kappa shape index (κ1) is 23.7. The van der Waals surface area contributed by atoms with E-state index in [4.69, 9.17) is 14.2 Å². The summed E-state index contributed by atoms with van der Waals surface area (Å²) in [6.07, 6.45) is 4.55. The summed E-state index contributed by atoms with van der Waals surface area (Å²) in [6.45, 7) is 11.7. The Labute approximate surface area is 193 Å². The van der Waals surface area contributed by atoms with Crippen molar-refractivity contribution < 1.29 is 19.0 Å². The van der Waals surface area contributed by atoms with E-state index in [1.807, 2.05) is 31.5 Å². The van der Waals surface area contributed by atoms with E-state index in [0.29, 0.717) is 12.4 Å². The van der Waals surface area contributed by atoms with Crippen molar-refractivity contribution in [1.82, 2.24) is 9.97 Å². The SMILES string of the molecule is CCOC(=O)C(C)(C)Oc1ccc(OC(C)c2sc(-c3ncc(CC)cn3)cc2C)cc1. The minimum absolute atomic E-state index is 0.133. The van der Waals surface area contributed by atoms with Crippen LogP contribution in [0, 0.1) is 6.92 Å². The van der Waals surface area contributed by atoms with E-state index < -0.39 is 11.6 Å². The summed E-state index contributed by atoms with van der Waals surface area (Å²) in [5, 5.41) is 0. The minimum Gasteiger partial charge on any atom is -0.485 e. The van der Waals surface area contributed by atoms with Crippen LogP contribution in [0.2, 0.25) is 0 Å².